The van der Waals surface area contributed by atoms with Crippen molar-refractivity contribution in [3.05, 3.63) is 45.2 Å². The third-order valence-electron chi connectivity index (χ3n) is 4.82. The van der Waals surface area contributed by atoms with Gasteiger partial charge in [0.05, 0.1) is 6.61 Å². The summed E-state index contributed by atoms with van der Waals surface area (Å²) in [5.74, 6) is 0.487. The molecule has 1 aromatic carbocycles. The van der Waals surface area contributed by atoms with Crippen molar-refractivity contribution in [3.8, 4) is 0 Å². The monoisotopic (exact) mass is 471 g/mol. The molecule has 0 bridgehead atoms. The number of benzene rings is 1. The Morgan fingerprint density at radius 2 is 1.96 bits per heavy atom. The Labute approximate surface area is 168 Å². The number of nitrogens with zero attached hydrogens (tertiary/aromatic N) is 1. The molecular weight excluding hydrogens is 445 g/mol. The summed E-state index contributed by atoms with van der Waals surface area (Å²) in [4.78, 5) is 14.7. The van der Waals surface area contributed by atoms with Crippen LogP contribution in [0.15, 0.2) is 36.1 Å². The highest BCUT2D eigenvalue weighted by atomic mass is 127. The van der Waals surface area contributed by atoms with Gasteiger partial charge in [0.25, 0.3) is 5.91 Å². The van der Waals surface area contributed by atoms with E-state index in [-0.39, 0.29) is 18.4 Å². The molecule has 0 radical (unpaired) electrons. The van der Waals surface area contributed by atoms with Crippen molar-refractivity contribution >= 4 is 28.5 Å². The van der Waals surface area contributed by atoms with Crippen LogP contribution in [0.4, 0.5) is 0 Å². The molecule has 2 aliphatic heterocycles. The lowest BCUT2D eigenvalue weighted by molar-refractivity contribution is -0.152. The number of hydrogen-bond donors (Lipinski definition) is 1. The molecule has 1 saturated heterocycles. The minimum absolute atomic E-state index is 0.0262. The van der Waals surface area contributed by atoms with Crippen LogP contribution in [0.25, 0.3) is 0 Å². The van der Waals surface area contributed by atoms with Gasteiger partial charge in [0.15, 0.2) is 5.76 Å². The summed E-state index contributed by atoms with van der Waals surface area (Å²) < 4.78 is 12.9. The molecule has 142 valence electrons. The van der Waals surface area contributed by atoms with Crippen molar-refractivity contribution in [1.82, 2.24) is 4.90 Å². The minimum Gasteiger partial charge on any atom is -0.459 e. The quantitative estimate of drug-likeness (QED) is 0.489. The van der Waals surface area contributed by atoms with Gasteiger partial charge in [-0.05, 0) is 72.0 Å². The summed E-state index contributed by atoms with van der Waals surface area (Å²) in [6.45, 7) is 2.29. The summed E-state index contributed by atoms with van der Waals surface area (Å²) in [5.41, 5.74) is 1.17. The van der Waals surface area contributed by atoms with E-state index in [1.54, 1.807) is 0 Å². The van der Waals surface area contributed by atoms with Gasteiger partial charge in [0.2, 0.25) is 6.29 Å². The van der Waals surface area contributed by atoms with E-state index in [1.807, 2.05) is 11.0 Å². The standard InChI is InChI=1S/C20H26INO4/c21-17-7-5-15(6-8-17)16-13-18(20(24)22-9-1-2-10-22)26-19(14-16)25-12-4-3-11-23/h5-8,13,16,19,23H,1-4,9-12,14H2/t16-,19+/m0/s1. The zero-order chi connectivity index (χ0) is 18.4. The van der Waals surface area contributed by atoms with Gasteiger partial charge < -0.3 is 19.5 Å². The minimum atomic E-state index is -0.426. The van der Waals surface area contributed by atoms with E-state index in [0.29, 0.717) is 25.2 Å². The number of aliphatic hydroxyl groups excluding tert-OH is 1. The van der Waals surface area contributed by atoms with E-state index in [9.17, 15) is 4.79 Å². The lowest BCUT2D eigenvalue weighted by Gasteiger charge is -2.30. The van der Waals surface area contributed by atoms with Crippen LogP contribution in [-0.2, 0) is 14.3 Å². The number of allylic oxidation sites excluding steroid dienone is 1. The fraction of sp³-hybridized carbons (Fsp3) is 0.550. The van der Waals surface area contributed by atoms with E-state index in [0.717, 1.165) is 32.4 Å². The third kappa shape index (κ3) is 5.20. The number of amides is 1. The van der Waals surface area contributed by atoms with Crippen molar-refractivity contribution < 1.29 is 19.4 Å². The maximum Gasteiger partial charge on any atom is 0.288 e. The Hall–Kier alpha value is -1.12. The summed E-state index contributed by atoms with van der Waals surface area (Å²) in [7, 11) is 0. The van der Waals surface area contributed by atoms with Crippen LogP contribution in [0.2, 0.25) is 0 Å². The van der Waals surface area contributed by atoms with E-state index in [2.05, 4.69) is 46.9 Å². The number of likely N-dealkylation sites (tertiary alicyclic amines) is 1. The van der Waals surface area contributed by atoms with Crippen LogP contribution in [0.3, 0.4) is 0 Å². The molecule has 0 spiro atoms. The first-order valence-corrected chi connectivity index (χ1v) is 10.4. The van der Waals surface area contributed by atoms with Crippen LogP contribution >= 0.6 is 22.6 Å². The lowest BCUT2D eigenvalue weighted by Crippen LogP contribution is -2.35. The van der Waals surface area contributed by atoms with Gasteiger partial charge in [0, 0.05) is 35.6 Å². The smallest absolute Gasteiger partial charge is 0.288 e. The lowest BCUT2D eigenvalue weighted by atomic mass is 9.93. The highest BCUT2D eigenvalue weighted by molar-refractivity contribution is 14.1. The molecule has 6 heteroatoms. The van der Waals surface area contributed by atoms with Crippen LogP contribution in [0, 0.1) is 3.57 Å². The van der Waals surface area contributed by atoms with Crippen LogP contribution in [0.5, 0.6) is 0 Å². The number of carbonyl (C=O) groups excluding carboxylic acids is 1. The van der Waals surface area contributed by atoms with Gasteiger partial charge in [-0.2, -0.15) is 0 Å². The summed E-state index contributed by atoms with van der Waals surface area (Å²) in [6.07, 6.45) is 5.82. The molecule has 0 aliphatic carbocycles. The largest absolute Gasteiger partial charge is 0.459 e. The van der Waals surface area contributed by atoms with Gasteiger partial charge >= 0.3 is 0 Å². The van der Waals surface area contributed by atoms with Crippen molar-refractivity contribution in [1.29, 1.82) is 0 Å². The van der Waals surface area contributed by atoms with Gasteiger partial charge in [-0.3, -0.25) is 4.79 Å². The molecule has 26 heavy (non-hydrogen) atoms. The Morgan fingerprint density at radius 3 is 2.65 bits per heavy atom. The predicted molar refractivity (Wildman–Crippen MR) is 108 cm³/mol. The second-order valence-corrected chi connectivity index (χ2v) is 8.02. The number of carbonyl (C=O) groups is 1. The first kappa shape index (κ1) is 19.6. The van der Waals surface area contributed by atoms with Crippen molar-refractivity contribution in [3.63, 3.8) is 0 Å². The van der Waals surface area contributed by atoms with E-state index in [4.69, 9.17) is 14.6 Å². The fourth-order valence-corrected chi connectivity index (χ4v) is 3.72. The maximum absolute atomic E-state index is 12.8. The second kappa shape index (κ2) is 9.71. The van der Waals surface area contributed by atoms with Gasteiger partial charge in [-0.1, -0.05) is 12.1 Å². The van der Waals surface area contributed by atoms with Crippen LogP contribution in [-0.4, -0.2) is 48.5 Å². The molecule has 2 aliphatic rings. The number of aliphatic hydroxyl groups is 1. The first-order valence-electron chi connectivity index (χ1n) is 9.33. The molecule has 1 fully saturated rings. The Kier molecular flexibility index (Phi) is 7.33. The second-order valence-electron chi connectivity index (χ2n) is 6.77. The van der Waals surface area contributed by atoms with E-state index >= 15 is 0 Å². The Bertz CT molecular complexity index is 625. The molecular formula is C20H26INO4. The highest BCUT2D eigenvalue weighted by Crippen LogP contribution is 2.32. The Morgan fingerprint density at radius 1 is 1.23 bits per heavy atom. The number of hydrogen-bond acceptors (Lipinski definition) is 4. The van der Waals surface area contributed by atoms with Crippen LogP contribution < -0.4 is 0 Å². The zero-order valence-corrected chi connectivity index (χ0v) is 17.1. The molecule has 0 aromatic heterocycles. The maximum atomic E-state index is 12.8. The molecule has 1 aromatic rings. The molecule has 0 unspecified atom stereocenters. The topological polar surface area (TPSA) is 59.0 Å². The van der Waals surface area contributed by atoms with Gasteiger partial charge in [-0.25, -0.2) is 0 Å². The molecule has 2 heterocycles. The van der Waals surface area contributed by atoms with Crippen molar-refractivity contribution in [2.24, 2.45) is 0 Å². The molecule has 2 atom stereocenters. The van der Waals surface area contributed by atoms with E-state index < -0.39 is 6.29 Å². The summed E-state index contributed by atoms with van der Waals surface area (Å²) in [5, 5.41) is 8.91. The van der Waals surface area contributed by atoms with Gasteiger partial charge in [-0.15, -0.1) is 0 Å². The number of unbranched alkanes of at least 4 members (excludes halogenated alkanes) is 1. The fourth-order valence-electron chi connectivity index (χ4n) is 3.36. The third-order valence-corrected chi connectivity index (χ3v) is 5.53. The Balaban J connectivity index is 1.73. The summed E-state index contributed by atoms with van der Waals surface area (Å²) >= 11 is 2.29. The molecule has 5 nitrogen and oxygen atoms in total. The average molecular weight is 471 g/mol. The van der Waals surface area contributed by atoms with E-state index in [1.165, 1.54) is 9.13 Å². The van der Waals surface area contributed by atoms with Crippen molar-refractivity contribution in [2.75, 3.05) is 26.3 Å². The van der Waals surface area contributed by atoms with Gasteiger partial charge in [0.1, 0.15) is 0 Å². The highest BCUT2D eigenvalue weighted by Gasteiger charge is 2.31. The number of halogens is 1. The molecule has 0 saturated carbocycles. The SMILES string of the molecule is O=C(C1=C[C@H](c2ccc(I)cc2)C[C@H](OCCCCO)O1)N1CCCC1. The normalized spacial score (nSPS) is 22.8. The average Bonchev–Trinajstić information content (AvgIpc) is 3.20. The summed E-state index contributed by atoms with van der Waals surface area (Å²) in [6, 6.07) is 8.38. The molecule has 1 N–H and O–H groups in total. The number of rotatable bonds is 7. The van der Waals surface area contributed by atoms with Crippen molar-refractivity contribution in [2.45, 2.75) is 44.3 Å². The number of ether oxygens (including phenoxy) is 2. The predicted octanol–water partition coefficient (Wildman–Crippen LogP) is 3.42. The zero-order valence-electron chi connectivity index (χ0n) is 14.9. The first-order chi connectivity index (χ1) is 12.7. The molecule has 1 amide bonds. The molecule has 3 rings (SSSR count). The van der Waals surface area contributed by atoms with Crippen LogP contribution in [0.1, 0.15) is 43.6 Å².